The van der Waals surface area contributed by atoms with Crippen molar-refractivity contribution < 1.29 is 18.7 Å². The van der Waals surface area contributed by atoms with Crippen LogP contribution in [-0.4, -0.2) is 46.0 Å². The Hall–Kier alpha value is -3.39. The Labute approximate surface area is 182 Å². The van der Waals surface area contributed by atoms with E-state index in [1.165, 1.54) is 17.0 Å². The van der Waals surface area contributed by atoms with Gasteiger partial charge >= 0.3 is 0 Å². The number of aromatic nitrogens is 2. The summed E-state index contributed by atoms with van der Waals surface area (Å²) >= 11 is 6.07. The molecular weight excluding hydrogens is 423 g/mol. The average Bonchev–Trinajstić information content (AvgIpc) is 3.19. The van der Waals surface area contributed by atoms with Crippen LogP contribution in [0.15, 0.2) is 48.8 Å². The number of anilines is 1. The zero-order valence-electron chi connectivity index (χ0n) is 16.4. The molecule has 158 valence electrons. The van der Waals surface area contributed by atoms with Crippen molar-refractivity contribution in [2.45, 2.75) is 13.0 Å². The molecule has 9 heteroatoms. The van der Waals surface area contributed by atoms with Gasteiger partial charge in [0.2, 0.25) is 5.91 Å². The predicted octanol–water partition coefficient (Wildman–Crippen LogP) is 2.98. The first kappa shape index (κ1) is 19.6. The van der Waals surface area contributed by atoms with Crippen LogP contribution in [0, 0.1) is 5.82 Å². The fourth-order valence-corrected chi connectivity index (χ4v) is 4.10. The highest BCUT2D eigenvalue weighted by Gasteiger charge is 2.31. The molecule has 2 aliphatic heterocycles. The van der Waals surface area contributed by atoms with E-state index in [-0.39, 0.29) is 30.8 Å². The van der Waals surface area contributed by atoms with Crippen LogP contribution in [0.5, 0.6) is 5.75 Å². The Kier molecular flexibility index (Phi) is 4.86. The normalized spacial score (nSPS) is 15.4. The van der Waals surface area contributed by atoms with E-state index < -0.39 is 0 Å². The highest BCUT2D eigenvalue weighted by molar-refractivity contribution is 6.31. The third kappa shape index (κ3) is 3.63. The molecule has 7 nitrogen and oxygen atoms in total. The topological polar surface area (TPSA) is 67.7 Å². The van der Waals surface area contributed by atoms with Gasteiger partial charge in [-0.1, -0.05) is 11.6 Å². The number of ether oxygens (including phenoxy) is 1. The molecule has 5 rings (SSSR count). The van der Waals surface area contributed by atoms with Crippen molar-refractivity contribution >= 4 is 29.1 Å². The highest BCUT2D eigenvalue weighted by Crippen LogP contribution is 2.34. The number of carbonyl (C=O) groups is 2. The van der Waals surface area contributed by atoms with E-state index in [0.29, 0.717) is 36.0 Å². The third-order valence-electron chi connectivity index (χ3n) is 5.53. The minimum atomic E-state index is -0.296. The van der Waals surface area contributed by atoms with Crippen molar-refractivity contribution in [1.82, 2.24) is 14.5 Å². The number of rotatable bonds is 3. The summed E-state index contributed by atoms with van der Waals surface area (Å²) in [4.78, 5) is 33.0. The van der Waals surface area contributed by atoms with E-state index in [4.69, 9.17) is 16.3 Å². The van der Waals surface area contributed by atoms with Crippen LogP contribution < -0.4 is 9.64 Å². The van der Waals surface area contributed by atoms with Crippen molar-refractivity contribution in [3.8, 4) is 11.4 Å². The lowest BCUT2D eigenvalue weighted by atomic mass is 10.1. The summed E-state index contributed by atoms with van der Waals surface area (Å²) < 4.78 is 20.6. The van der Waals surface area contributed by atoms with Crippen LogP contribution in [-0.2, 0) is 22.6 Å². The number of halogens is 2. The van der Waals surface area contributed by atoms with E-state index in [1.54, 1.807) is 41.6 Å². The summed E-state index contributed by atoms with van der Waals surface area (Å²) in [5.74, 6) is -0.240. The summed E-state index contributed by atoms with van der Waals surface area (Å²) in [5.41, 5.74) is 3.11. The lowest BCUT2D eigenvalue weighted by Gasteiger charge is -2.32. The monoisotopic (exact) mass is 440 g/mol. The van der Waals surface area contributed by atoms with Gasteiger partial charge in [0.15, 0.2) is 6.61 Å². The van der Waals surface area contributed by atoms with Crippen molar-refractivity contribution in [3.05, 3.63) is 71.0 Å². The molecular formula is C22H18ClFN4O3. The first-order valence-corrected chi connectivity index (χ1v) is 10.2. The van der Waals surface area contributed by atoms with Gasteiger partial charge in [-0.15, -0.1) is 0 Å². The van der Waals surface area contributed by atoms with Gasteiger partial charge in [-0.05, 0) is 42.5 Å². The minimum Gasteiger partial charge on any atom is -0.482 e. The van der Waals surface area contributed by atoms with Gasteiger partial charge in [-0.3, -0.25) is 14.5 Å². The molecule has 0 fully saturated rings. The Morgan fingerprint density at radius 1 is 1.19 bits per heavy atom. The first-order valence-electron chi connectivity index (χ1n) is 9.81. The minimum absolute atomic E-state index is 0.0937. The van der Waals surface area contributed by atoms with Crippen LogP contribution in [0.3, 0.4) is 0 Å². The molecule has 1 aromatic heterocycles. The molecule has 2 aromatic carbocycles. The lowest BCUT2D eigenvalue weighted by molar-refractivity contribution is -0.132. The number of carbonyl (C=O) groups excluding carboxylic acids is 2. The highest BCUT2D eigenvalue weighted by atomic mass is 35.5. The largest absolute Gasteiger partial charge is 0.482 e. The molecule has 31 heavy (non-hydrogen) atoms. The van der Waals surface area contributed by atoms with E-state index in [2.05, 4.69) is 4.98 Å². The molecule has 0 spiro atoms. The van der Waals surface area contributed by atoms with Crippen molar-refractivity contribution in [2.24, 2.45) is 0 Å². The molecule has 3 aromatic rings. The lowest BCUT2D eigenvalue weighted by Crippen LogP contribution is -2.47. The molecule has 0 saturated heterocycles. The molecule has 2 aliphatic rings. The summed E-state index contributed by atoms with van der Waals surface area (Å²) in [5, 5.41) is 0.462. The number of benzene rings is 2. The second-order valence-electron chi connectivity index (χ2n) is 7.43. The zero-order valence-corrected chi connectivity index (χ0v) is 17.2. The zero-order chi connectivity index (χ0) is 21.5. The number of hydrogen-bond acceptors (Lipinski definition) is 4. The summed E-state index contributed by atoms with van der Waals surface area (Å²) in [6.07, 6.45) is 2.30. The molecule has 0 radical (unpaired) electrons. The molecule has 0 atom stereocenters. The number of fused-ring (bicyclic) bond motifs is 2. The molecule has 0 bridgehead atoms. The van der Waals surface area contributed by atoms with Gasteiger partial charge in [-0.25, -0.2) is 9.37 Å². The SMILES string of the molecule is O=C(CN1C(=O)COc2ccc(Cl)cc21)N1CCc2c(ncn2-c2ccc(F)cc2)C1. The quantitative estimate of drug-likeness (QED) is 0.628. The van der Waals surface area contributed by atoms with Crippen LogP contribution >= 0.6 is 11.6 Å². The summed E-state index contributed by atoms with van der Waals surface area (Å²) in [6.45, 7) is 0.640. The fraction of sp³-hybridized carbons (Fsp3) is 0.227. The Morgan fingerprint density at radius 2 is 2.00 bits per heavy atom. The maximum Gasteiger partial charge on any atom is 0.265 e. The van der Waals surface area contributed by atoms with Crippen LogP contribution in [0.4, 0.5) is 10.1 Å². The Balaban J connectivity index is 1.33. The average molecular weight is 441 g/mol. The van der Waals surface area contributed by atoms with Gasteiger partial charge in [0.05, 0.1) is 24.3 Å². The summed E-state index contributed by atoms with van der Waals surface area (Å²) in [6, 6.07) is 11.2. The van der Waals surface area contributed by atoms with E-state index in [1.807, 2.05) is 4.57 Å². The molecule has 0 aliphatic carbocycles. The molecule has 0 N–H and O–H groups in total. The number of nitrogens with zero attached hydrogens (tertiary/aromatic N) is 4. The van der Waals surface area contributed by atoms with Gasteiger partial charge < -0.3 is 14.2 Å². The molecule has 0 unspecified atom stereocenters. The van der Waals surface area contributed by atoms with E-state index >= 15 is 0 Å². The maximum atomic E-state index is 13.2. The van der Waals surface area contributed by atoms with E-state index in [0.717, 1.165) is 17.1 Å². The third-order valence-corrected chi connectivity index (χ3v) is 5.76. The van der Waals surface area contributed by atoms with Crippen molar-refractivity contribution in [1.29, 1.82) is 0 Å². The number of hydrogen-bond donors (Lipinski definition) is 0. The van der Waals surface area contributed by atoms with E-state index in [9.17, 15) is 14.0 Å². The second-order valence-corrected chi connectivity index (χ2v) is 7.87. The molecule has 3 heterocycles. The second kappa shape index (κ2) is 7.70. The Morgan fingerprint density at radius 3 is 2.81 bits per heavy atom. The van der Waals surface area contributed by atoms with Crippen molar-refractivity contribution in [3.63, 3.8) is 0 Å². The Bertz CT molecular complexity index is 1180. The van der Waals surface area contributed by atoms with Gasteiger partial charge in [-0.2, -0.15) is 0 Å². The predicted molar refractivity (Wildman–Crippen MR) is 112 cm³/mol. The van der Waals surface area contributed by atoms with Crippen molar-refractivity contribution in [2.75, 3.05) is 24.6 Å². The molecule has 2 amide bonds. The van der Waals surface area contributed by atoms with Gasteiger partial charge in [0.25, 0.3) is 5.91 Å². The molecule has 0 saturated carbocycles. The van der Waals surface area contributed by atoms with Crippen LogP contribution in [0.25, 0.3) is 5.69 Å². The van der Waals surface area contributed by atoms with Gasteiger partial charge in [0.1, 0.15) is 18.1 Å². The van der Waals surface area contributed by atoms with Gasteiger partial charge in [0, 0.05) is 29.4 Å². The standard InChI is InChI=1S/C22H18ClFN4O3/c23-14-1-6-20-19(9-14)27(22(30)12-31-20)11-21(29)26-8-7-18-17(10-26)25-13-28(18)16-4-2-15(24)3-5-16/h1-6,9,13H,7-8,10-12H2. The first-order chi connectivity index (χ1) is 15.0. The number of imidazole rings is 1. The summed E-state index contributed by atoms with van der Waals surface area (Å²) in [7, 11) is 0. The number of amides is 2. The smallest absolute Gasteiger partial charge is 0.265 e. The fourth-order valence-electron chi connectivity index (χ4n) is 3.93. The van der Waals surface area contributed by atoms with Crippen LogP contribution in [0.2, 0.25) is 5.02 Å². The van der Waals surface area contributed by atoms with Crippen LogP contribution in [0.1, 0.15) is 11.4 Å². The maximum absolute atomic E-state index is 13.2.